The van der Waals surface area contributed by atoms with Crippen LogP contribution < -0.4 is 0 Å². The summed E-state index contributed by atoms with van der Waals surface area (Å²) in [5.74, 6) is -1.14. The SMILES string of the molecule is CCC1CCN(C(CC(=O)O)C(F)(F)F)C1. The van der Waals surface area contributed by atoms with E-state index in [-0.39, 0.29) is 5.92 Å². The molecule has 1 N–H and O–H groups in total. The number of rotatable bonds is 4. The van der Waals surface area contributed by atoms with Crippen molar-refractivity contribution in [3.05, 3.63) is 0 Å². The maximum absolute atomic E-state index is 12.7. The molecule has 0 aromatic rings. The van der Waals surface area contributed by atoms with Crippen molar-refractivity contribution in [3.8, 4) is 0 Å². The smallest absolute Gasteiger partial charge is 0.404 e. The van der Waals surface area contributed by atoms with E-state index < -0.39 is 24.6 Å². The number of nitrogens with zero attached hydrogens (tertiary/aromatic N) is 1. The number of carboxylic acid groups (broad SMARTS) is 1. The molecule has 1 aliphatic heterocycles. The van der Waals surface area contributed by atoms with Crippen LogP contribution in [0.3, 0.4) is 0 Å². The molecule has 1 aliphatic rings. The molecule has 0 amide bonds. The second kappa shape index (κ2) is 5.03. The standard InChI is InChI=1S/C10H16F3NO2/c1-2-7-3-4-14(6-7)8(5-9(15)16)10(11,12)13/h7-8H,2-6H2,1H3,(H,15,16). The number of likely N-dealkylation sites (tertiary alicyclic amines) is 1. The molecule has 0 aromatic heterocycles. The van der Waals surface area contributed by atoms with Gasteiger partial charge in [0, 0.05) is 6.54 Å². The van der Waals surface area contributed by atoms with Crippen LogP contribution in [0.25, 0.3) is 0 Å². The number of carboxylic acids is 1. The van der Waals surface area contributed by atoms with Gasteiger partial charge >= 0.3 is 12.1 Å². The Morgan fingerprint density at radius 1 is 1.56 bits per heavy atom. The molecule has 2 unspecified atom stereocenters. The van der Waals surface area contributed by atoms with Crippen molar-refractivity contribution in [1.82, 2.24) is 4.90 Å². The van der Waals surface area contributed by atoms with Crippen LogP contribution >= 0.6 is 0 Å². The number of carbonyl (C=O) groups is 1. The molecule has 1 rings (SSSR count). The Morgan fingerprint density at radius 3 is 2.56 bits per heavy atom. The summed E-state index contributed by atoms with van der Waals surface area (Å²) in [5.41, 5.74) is 0. The summed E-state index contributed by atoms with van der Waals surface area (Å²) in [5, 5.41) is 8.50. The summed E-state index contributed by atoms with van der Waals surface area (Å²) < 4.78 is 38.0. The number of halogens is 3. The van der Waals surface area contributed by atoms with Crippen LogP contribution in [-0.4, -0.2) is 41.3 Å². The van der Waals surface area contributed by atoms with Crippen LogP contribution in [0, 0.1) is 5.92 Å². The Labute approximate surface area is 92.2 Å². The predicted octanol–water partition coefficient (Wildman–Crippen LogP) is 2.12. The lowest BCUT2D eigenvalue weighted by molar-refractivity contribution is -0.188. The van der Waals surface area contributed by atoms with Crippen molar-refractivity contribution in [2.75, 3.05) is 13.1 Å². The van der Waals surface area contributed by atoms with Gasteiger partial charge in [-0.05, 0) is 18.9 Å². The maximum atomic E-state index is 12.7. The average Bonchev–Trinajstić information content (AvgIpc) is 2.60. The molecular formula is C10H16F3NO2. The first kappa shape index (κ1) is 13.3. The van der Waals surface area contributed by atoms with Gasteiger partial charge in [0.15, 0.2) is 0 Å². The lowest BCUT2D eigenvalue weighted by Gasteiger charge is -2.28. The van der Waals surface area contributed by atoms with Crippen LogP contribution in [0.2, 0.25) is 0 Å². The first-order chi connectivity index (χ1) is 7.34. The van der Waals surface area contributed by atoms with E-state index in [0.717, 1.165) is 12.8 Å². The third-order valence-electron chi connectivity index (χ3n) is 3.08. The van der Waals surface area contributed by atoms with E-state index in [4.69, 9.17) is 5.11 Å². The molecular weight excluding hydrogens is 223 g/mol. The number of hydrogen-bond acceptors (Lipinski definition) is 2. The van der Waals surface area contributed by atoms with Crippen LogP contribution in [-0.2, 0) is 4.79 Å². The topological polar surface area (TPSA) is 40.5 Å². The maximum Gasteiger partial charge on any atom is 0.404 e. The summed E-state index contributed by atoms with van der Waals surface area (Å²) in [4.78, 5) is 11.7. The van der Waals surface area contributed by atoms with E-state index in [0.29, 0.717) is 13.1 Å². The fourth-order valence-corrected chi connectivity index (χ4v) is 2.10. The average molecular weight is 239 g/mol. The van der Waals surface area contributed by atoms with Gasteiger partial charge in [-0.1, -0.05) is 13.3 Å². The summed E-state index contributed by atoms with van der Waals surface area (Å²) in [6, 6.07) is -1.83. The Bertz CT molecular complexity index is 255. The van der Waals surface area contributed by atoms with Crippen molar-refractivity contribution in [3.63, 3.8) is 0 Å². The molecule has 1 fully saturated rings. The minimum atomic E-state index is -4.46. The van der Waals surface area contributed by atoms with Crippen molar-refractivity contribution in [2.45, 2.75) is 38.4 Å². The highest BCUT2D eigenvalue weighted by Gasteiger charge is 2.46. The highest BCUT2D eigenvalue weighted by atomic mass is 19.4. The van der Waals surface area contributed by atoms with Gasteiger partial charge in [-0.2, -0.15) is 13.2 Å². The molecule has 94 valence electrons. The molecule has 1 heterocycles. The van der Waals surface area contributed by atoms with E-state index in [9.17, 15) is 18.0 Å². The third-order valence-corrected chi connectivity index (χ3v) is 3.08. The van der Waals surface area contributed by atoms with Crippen molar-refractivity contribution < 1.29 is 23.1 Å². The first-order valence-electron chi connectivity index (χ1n) is 5.37. The van der Waals surface area contributed by atoms with E-state index in [1.54, 1.807) is 0 Å². The molecule has 0 aliphatic carbocycles. The molecule has 0 spiro atoms. The summed E-state index contributed by atoms with van der Waals surface area (Å²) in [7, 11) is 0. The van der Waals surface area contributed by atoms with Crippen LogP contribution in [0.4, 0.5) is 13.2 Å². The largest absolute Gasteiger partial charge is 0.481 e. The Morgan fingerprint density at radius 2 is 2.19 bits per heavy atom. The zero-order valence-electron chi connectivity index (χ0n) is 9.13. The van der Waals surface area contributed by atoms with Gasteiger partial charge < -0.3 is 5.11 Å². The normalized spacial score (nSPS) is 24.6. The van der Waals surface area contributed by atoms with Gasteiger partial charge in [-0.25, -0.2) is 0 Å². The van der Waals surface area contributed by atoms with Crippen LogP contribution in [0.15, 0.2) is 0 Å². The van der Waals surface area contributed by atoms with E-state index in [2.05, 4.69) is 0 Å². The zero-order chi connectivity index (χ0) is 12.3. The number of hydrogen-bond donors (Lipinski definition) is 1. The predicted molar refractivity (Wildman–Crippen MR) is 52.1 cm³/mol. The molecule has 0 radical (unpaired) electrons. The fraction of sp³-hybridized carbons (Fsp3) is 0.900. The van der Waals surface area contributed by atoms with Crippen molar-refractivity contribution >= 4 is 5.97 Å². The zero-order valence-corrected chi connectivity index (χ0v) is 9.13. The van der Waals surface area contributed by atoms with E-state index in [1.165, 1.54) is 4.90 Å². The van der Waals surface area contributed by atoms with Gasteiger partial charge in [0.2, 0.25) is 0 Å². The monoisotopic (exact) mass is 239 g/mol. The second-order valence-corrected chi connectivity index (χ2v) is 4.21. The van der Waals surface area contributed by atoms with Crippen LogP contribution in [0.5, 0.6) is 0 Å². The molecule has 0 saturated carbocycles. The molecule has 2 atom stereocenters. The van der Waals surface area contributed by atoms with E-state index in [1.807, 2.05) is 6.92 Å². The molecule has 1 saturated heterocycles. The Kier molecular flexibility index (Phi) is 4.18. The van der Waals surface area contributed by atoms with Crippen molar-refractivity contribution in [2.24, 2.45) is 5.92 Å². The van der Waals surface area contributed by atoms with Crippen molar-refractivity contribution in [1.29, 1.82) is 0 Å². The number of aliphatic carboxylic acids is 1. The summed E-state index contributed by atoms with van der Waals surface area (Å²) in [6.07, 6.45) is -3.75. The molecule has 3 nitrogen and oxygen atoms in total. The Balaban J connectivity index is 2.67. The van der Waals surface area contributed by atoms with Gasteiger partial charge in [-0.3, -0.25) is 9.69 Å². The quantitative estimate of drug-likeness (QED) is 0.817. The highest BCUT2D eigenvalue weighted by Crippen LogP contribution is 2.32. The van der Waals surface area contributed by atoms with Gasteiger partial charge in [0.25, 0.3) is 0 Å². The lowest BCUT2D eigenvalue weighted by atomic mass is 10.1. The summed E-state index contributed by atoms with van der Waals surface area (Å²) in [6.45, 7) is 2.64. The third kappa shape index (κ3) is 3.37. The minimum absolute atomic E-state index is 0.263. The van der Waals surface area contributed by atoms with Gasteiger partial charge in [0.05, 0.1) is 6.42 Å². The summed E-state index contributed by atoms with van der Waals surface area (Å²) >= 11 is 0. The molecule has 0 aromatic carbocycles. The molecule has 0 bridgehead atoms. The fourth-order valence-electron chi connectivity index (χ4n) is 2.10. The van der Waals surface area contributed by atoms with Gasteiger partial charge in [-0.15, -0.1) is 0 Å². The number of alkyl halides is 3. The molecule has 6 heteroatoms. The molecule has 16 heavy (non-hydrogen) atoms. The minimum Gasteiger partial charge on any atom is -0.481 e. The Hall–Kier alpha value is -0.780. The highest BCUT2D eigenvalue weighted by molar-refractivity contribution is 5.67. The van der Waals surface area contributed by atoms with Gasteiger partial charge in [0.1, 0.15) is 6.04 Å². The second-order valence-electron chi connectivity index (χ2n) is 4.21. The van der Waals surface area contributed by atoms with E-state index >= 15 is 0 Å². The van der Waals surface area contributed by atoms with Crippen LogP contribution in [0.1, 0.15) is 26.2 Å². The lowest BCUT2D eigenvalue weighted by Crippen LogP contribution is -2.45. The first-order valence-corrected chi connectivity index (χ1v) is 5.37.